The zero-order valence-electron chi connectivity index (χ0n) is 14.8. The summed E-state index contributed by atoms with van der Waals surface area (Å²) in [4.78, 5) is 38.3. The Bertz CT molecular complexity index is 630. The largest absolute Gasteiger partial charge is 0.447 e. The van der Waals surface area contributed by atoms with Gasteiger partial charge in [0.25, 0.3) is 0 Å². The molecule has 1 N–H and O–H groups in total. The minimum atomic E-state index is -1.000. The predicted octanol–water partition coefficient (Wildman–Crippen LogP) is 2.19. The SMILES string of the molecule is CC[C@@H](O)[C@H](C)C(=O)[C@@H](C)C(=O)N1C(=O)OC[C@H]1Cc1ccccc1. The summed E-state index contributed by atoms with van der Waals surface area (Å²) in [6, 6.07) is 9.07. The van der Waals surface area contributed by atoms with Gasteiger partial charge in [0.05, 0.1) is 18.1 Å². The lowest BCUT2D eigenvalue weighted by atomic mass is 9.89. The number of imide groups is 1. The number of amides is 2. The summed E-state index contributed by atoms with van der Waals surface area (Å²) < 4.78 is 5.04. The highest BCUT2D eigenvalue weighted by Gasteiger charge is 2.42. The number of carbonyl (C=O) groups is 3. The van der Waals surface area contributed by atoms with E-state index in [1.54, 1.807) is 13.8 Å². The van der Waals surface area contributed by atoms with Crippen molar-refractivity contribution in [1.82, 2.24) is 4.90 Å². The number of benzene rings is 1. The first-order chi connectivity index (χ1) is 11.9. The summed E-state index contributed by atoms with van der Waals surface area (Å²) in [6.45, 7) is 4.97. The number of hydrogen-bond acceptors (Lipinski definition) is 5. The molecule has 1 aliphatic rings. The van der Waals surface area contributed by atoms with Crippen molar-refractivity contribution in [3.05, 3.63) is 35.9 Å². The molecule has 0 radical (unpaired) electrons. The number of nitrogens with zero attached hydrogens (tertiary/aromatic N) is 1. The van der Waals surface area contributed by atoms with Gasteiger partial charge in [0.2, 0.25) is 5.91 Å². The maximum absolute atomic E-state index is 12.7. The van der Waals surface area contributed by atoms with E-state index in [-0.39, 0.29) is 12.4 Å². The van der Waals surface area contributed by atoms with Crippen molar-refractivity contribution >= 4 is 17.8 Å². The minimum absolute atomic E-state index is 0.119. The highest BCUT2D eigenvalue weighted by molar-refractivity contribution is 6.07. The number of Topliss-reactive ketones (excluding diaryl/α,β-unsaturated/α-hetero) is 1. The second kappa shape index (κ2) is 8.25. The van der Waals surface area contributed by atoms with E-state index in [4.69, 9.17) is 4.74 Å². The Morgan fingerprint density at radius 2 is 1.92 bits per heavy atom. The van der Waals surface area contributed by atoms with Crippen molar-refractivity contribution in [3.63, 3.8) is 0 Å². The molecule has 1 fully saturated rings. The zero-order valence-corrected chi connectivity index (χ0v) is 14.8. The lowest BCUT2D eigenvalue weighted by molar-refractivity contribution is -0.141. The number of aliphatic hydroxyl groups excluding tert-OH is 1. The van der Waals surface area contributed by atoms with Gasteiger partial charge in [-0.15, -0.1) is 0 Å². The third-order valence-electron chi connectivity index (χ3n) is 4.75. The molecule has 1 heterocycles. The van der Waals surface area contributed by atoms with Gasteiger partial charge in [0.15, 0.2) is 0 Å². The van der Waals surface area contributed by atoms with E-state index in [0.29, 0.717) is 12.8 Å². The van der Waals surface area contributed by atoms with Gasteiger partial charge >= 0.3 is 6.09 Å². The summed E-state index contributed by atoms with van der Waals surface area (Å²) in [6.07, 6.45) is -0.606. The van der Waals surface area contributed by atoms with Gasteiger partial charge in [-0.25, -0.2) is 9.69 Å². The summed E-state index contributed by atoms with van der Waals surface area (Å²) in [5.74, 6) is -2.59. The molecule has 0 aliphatic carbocycles. The lowest BCUT2D eigenvalue weighted by Crippen LogP contribution is -2.46. The minimum Gasteiger partial charge on any atom is -0.447 e. The number of ketones is 1. The van der Waals surface area contributed by atoms with E-state index in [1.807, 2.05) is 30.3 Å². The molecule has 4 atom stereocenters. The monoisotopic (exact) mass is 347 g/mol. The van der Waals surface area contributed by atoms with Crippen molar-refractivity contribution in [2.75, 3.05) is 6.61 Å². The normalized spacial score (nSPS) is 20.7. The molecule has 0 aromatic heterocycles. The molecular formula is C19H25NO5. The molecule has 2 amide bonds. The van der Waals surface area contributed by atoms with Gasteiger partial charge < -0.3 is 9.84 Å². The fraction of sp³-hybridized carbons (Fsp3) is 0.526. The number of carbonyl (C=O) groups excluding carboxylic acids is 3. The Morgan fingerprint density at radius 1 is 1.28 bits per heavy atom. The topological polar surface area (TPSA) is 83.9 Å². The van der Waals surface area contributed by atoms with Crippen LogP contribution in [0.2, 0.25) is 0 Å². The average molecular weight is 347 g/mol. The van der Waals surface area contributed by atoms with Crippen LogP contribution in [0.25, 0.3) is 0 Å². The van der Waals surface area contributed by atoms with E-state index < -0.39 is 36.0 Å². The summed E-state index contributed by atoms with van der Waals surface area (Å²) >= 11 is 0. The van der Waals surface area contributed by atoms with Gasteiger partial charge in [0.1, 0.15) is 12.4 Å². The fourth-order valence-electron chi connectivity index (χ4n) is 3.03. The first-order valence-electron chi connectivity index (χ1n) is 8.62. The smallest absolute Gasteiger partial charge is 0.417 e. The molecule has 1 saturated heterocycles. The Kier molecular flexibility index (Phi) is 6.31. The number of hydrogen-bond donors (Lipinski definition) is 1. The number of rotatable bonds is 7. The highest BCUT2D eigenvalue weighted by Crippen LogP contribution is 2.22. The molecule has 136 valence electrons. The Morgan fingerprint density at radius 3 is 2.52 bits per heavy atom. The predicted molar refractivity (Wildman–Crippen MR) is 91.8 cm³/mol. The van der Waals surface area contributed by atoms with Gasteiger partial charge in [-0.2, -0.15) is 0 Å². The third kappa shape index (κ3) is 4.25. The van der Waals surface area contributed by atoms with Crippen LogP contribution in [-0.4, -0.2) is 46.5 Å². The first kappa shape index (κ1) is 19.1. The van der Waals surface area contributed by atoms with Crippen LogP contribution in [0.3, 0.4) is 0 Å². The first-order valence-corrected chi connectivity index (χ1v) is 8.62. The van der Waals surface area contributed by atoms with Crippen molar-refractivity contribution in [2.24, 2.45) is 11.8 Å². The maximum atomic E-state index is 12.7. The summed E-state index contributed by atoms with van der Waals surface area (Å²) in [5, 5.41) is 9.85. The van der Waals surface area contributed by atoms with Crippen LogP contribution in [0, 0.1) is 11.8 Å². The highest BCUT2D eigenvalue weighted by atomic mass is 16.6. The Balaban J connectivity index is 2.11. The molecule has 0 spiro atoms. The van der Waals surface area contributed by atoms with Crippen molar-refractivity contribution < 1.29 is 24.2 Å². The van der Waals surface area contributed by atoms with E-state index in [1.165, 1.54) is 6.92 Å². The van der Waals surface area contributed by atoms with Gasteiger partial charge in [-0.1, -0.05) is 44.2 Å². The molecule has 1 aliphatic heterocycles. The molecule has 0 bridgehead atoms. The van der Waals surface area contributed by atoms with E-state index >= 15 is 0 Å². The van der Waals surface area contributed by atoms with Gasteiger partial charge in [-0.05, 0) is 25.3 Å². The van der Waals surface area contributed by atoms with Crippen LogP contribution >= 0.6 is 0 Å². The van der Waals surface area contributed by atoms with Gasteiger partial charge in [-0.3, -0.25) is 9.59 Å². The van der Waals surface area contributed by atoms with Crippen molar-refractivity contribution in [1.29, 1.82) is 0 Å². The van der Waals surface area contributed by atoms with E-state index in [2.05, 4.69) is 0 Å². The quantitative estimate of drug-likeness (QED) is 0.765. The lowest BCUT2D eigenvalue weighted by Gasteiger charge is -2.25. The molecule has 0 unspecified atom stereocenters. The molecular weight excluding hydrogens is 322 g/mol. The summed E-state index contributed by atoms with van der Waals surface area (Å²) in [7, 11) is 0. The van der Waals surface area contributed by atoms with Crippen LogP contribution in [0.1, 0.15) is 32.8 Å². The van der Waals surface area contributed by atoms with E-state index in [0.717, 1.165) is 10.5 Å². The standard InChI is InChI=1S/C19H25NO5/c1-4-16(21)12(2)17(22)13(3)18(23)20-15(11-25-19(20)24)10-14-8-6-5-7-9-14/h5-9,12-13,15-16,21H,4,10-11H2,1-3H3/t12-,13+,15+,16+/m0/s1. The summed E-state index contributed by atoms with van der Waals surface area (Å²) in [5.41, 5.74) is 0.984. The Labute approximate surface area is 147 Å². The van der Waals surface area contributed by atoms with Crippen LogP contribution in [-0.2, 0) is 20.7 Å². The zero-order chi connectivity index (χ0) is 18.6. The molecule has 1 aromatic carbocycles. The number of ether oxygens (including phenoxy) is 1. The second-order valence-corrected chi connectivity index (χ2v) is 6.52. The van der Waals surface area contributed by atoms with Crippen LogP contribution in [0.4, 0.5) is 4.79 Å². The van der Waals surface area contributed by atoms with Crippen molar-refractivity contribution in [3.8, 4) is 0 Å². The molecule has 6 nitrogen and oxygen atoms in total. The van der Waals surface area contributed by atoms with Crippen LogP contribution in [0.15, 0.2) is 30.3 Å². The molecule has 1 aromatic rings. The fourth-order valence-corrected chi connectivity index (χ4v) is 3.03. The van der Waals surface area contributed by atoms with Crippen molar-refractivity contribution in [2.45, 2.75) is 45.8 Å². The van der Waals surface area contributed by atoms with Crippen LogP contribution in [0.5, 0.6) is 0 Å². The van der Waals surface area contributed by atoms with Gasteiger partial charge in [0, 0.05) is 5.92 Å². The molecule has 2 rings (SSSR count). The second-order valence-electron chi connectivity index (χ2n) is 6.52. The number of aliphatic hydroxyl groups is 1. The average Bonchev–Trinajstić information content (AvgIpc) is 2.99. The van der Waals surface area contributed by atoms with Crippen LogP contribution < -0.4 is 0 Å². The molecule has 0 saturated carbocycles. The number of cyclic esters (lactones) is 1. The molecule has 6 heteroatoms. The maximum Gasteiger partial charge on any atom is 0.417 e. The Hall–Kier alpha value is -2.21. The van der Waals surface area contributed by atoms with E-state index in [9.17, 15) is 19.5 Å². The molecule has 25 heavy (non-hydrogen) atoms. The third-order valence-corrected chi connectivity index (χ3v) is 4.75.